The van der Waals surface area contributed by atoms with Crippen LogP contribution in [0.5, 0.6) is 5.75 Å². The molecule has 1 amide bonds. The summed E-state index contributed by atoms with van der Waals surface area (Å²) in [5, 5.41) is 0. The van der Waals surface area contributed by atoms with Gasteiger partial charge in [-0.2, -0.15) is 8.78 Å². The maximum absolute atomic E-state index is 12.2. The molecular weight excluding hydrogens is 434 g/mol. The molecule has 0 heterocycles. The van der Waals surface area contributed by atoms with Crippen molar-refractivity contribution in [3.8, 4) is 5.75 Å². The number of hydrogen-bond acceptors (Lipinski definition) is 6. The van der Waals surface area contributed by atoms with Crippen LogP contribution in [0.25, 0.3) is 0 Å². The number of benzene rings is 2. The molecule has 0 aliphatic carbocycles. The normalized spacial score (nSPS) is 11.3. The van der Waals surface area contributed by atoms with E-state index in [4.69, 9.17) is 4.74 Å². The number of nitrogens with one attached hydrogen (secondary N) is 1. The van der Waals surface area contributed by atoms with Crippen LogP contribution in [0.15, 0.2) is 53.4 Å². The zero-order chi connectivity index (χ0) is 23.0. The molecule has 1 N–H and O–H groups in total. The molecule has 8 nitrogen and oxygen atoms in total. The van der Waals surface area contributed by atoms with E-state index in [1.807, 2.05) is 0 Å². The number of carbonyl (C=O) groups is 2. The van der Waals surface area contributed by atoms with Crippen molar-refractivity contribution in [1.29, 1.82) is 0 Å². The van der Waals surface area contributed by atoms with Crippen LogP contribution in [0.2, 0.25) is 0 Å². The fourth-order valence-electron chi connectivity index (χ4n) is 2.50. The fourth-order valence-corrected chi connectivity index (χ4v) is 3.54. The van der Waals surface area contributed by atoms with E-state index in [2.05, 4.69) is 9.46 Å². The first-order chi connectivity index (χ1) is 14.6. The third kappa shape index (κ3) is 7.30. The van der Waals surface area contributed by atoms with Crippen molar-refractivity contribution >= 4 is 21.9 Å². The maximum Gasteiger partial charge on any atom is 0.387 e. The van der Waals surface area contributed by atoms with Gasteiger partial charge in [0.1, 0.15) is 5.75 Å². The number of likely N-dealkylation sites (N-methyl/N-ethyl adjacent to an activating group) is 1. The van der Waals surface area contributed by atoms with E-state index in [-0.39, 0.29) is 29.3 Å². The van der Waals surface area contributed by atoms with Gasteiger partial charge in [-0.25, -0.2) is 17.9 Å². The van der Waals surface area contributed by atoms with E-state index in [1.54, 1.807) is 6.92 Å². The van der Waals surface area contributed by atoms with Crippen molar-refractivity contribution in [3.05, 3.63) is 59.7 Å². The lowest BCUT2D eigenvalue weighted by atomic mass is 10.2. The van der Waals surface area contributed by atoms with Gasteiger partial charge in [-0.15, -0.1) is 0 Å². The van der Waals surface area contributed by atoms with Crippen LogP contribution in [-0.2, 0) is 26.1 Å². The highest BCUT2D eigenvalue weighted by molar-refractivity contribution is 7.89. The van der Waals surface area contributed by atoms with Crippen molar-refractivity contribution < 1.29 is 36.3 Å². The van der Waals surface area contributed by atoms with Crippen molar-refractivity contribution in [1.82, 2.24) is 9.62 Å². The molecule has 0 saturated carbocycles. The molecule has 11 heteroatoms. The van der Waals surface area contributed by atoms with Crippen LogP contribution < -0.4 is 9.46 Å². The number of nitrogens with zero attached hydrogens (tertiary/aromatic N) is 1. The summed E-state index contributed by atoms with van der Waals surface area (Å²) in [6.45, 7) is -1.39. The highest BCUT2D eigenvalue weighted by atomic mass is 32.2. The number of rotatable bonds is 10. The fraction of sp³-hybridized carbons (Fsp3) is 0.300. The van der Waals surface area contributed by atoms with Gasteiger partial charge >= 0.3 is 12.6 Å². The Hall–Kier alpha value is -3.05. The molecule has 2 rings (SSSR count). The van der Waals surface area contributed by atoms with Gasteiger partial charge < -0.3 is 14.4 Å². The number of ether oxygens (including phenoxy) is 2. The zero-order valence-electron chi connectivity index (χ0n) is 16.9. The van der Waals surface area contributed by atoms with Crippen LogP contribution in [0.4, 0.5) is 8.78 Å². The summed E-state index contributed by atoms with van der Waals surface area (Å²) >= 11 is 0. The predicted molar refractivity (Wildman–Crippen MR) is 107 cm³/mol. The minimum atomic E-state index is -3.64. The number of hydrogen-bond donors (Lipinski definition) is 1. The molecule has 0 bridgehead atoms. The second kappa shape index (κ2) is 10.8. The number of alkyl halides is 2. The smallest absolute Gasteiger partial charge is 0.387 e. The second-order valence-electron chi connectivity index (χ2n) is 6.37. The third-order valence-corrected chi connectivity index (χ3v) is 5.62. The van der Waals surface area contributed by atoms with Gasteiger partial charge in [0.2, 0.25) is 10.0 Å². The second-order valence-corrected chi connectivity index (χ2v) is 8.14. The summed E-state index contributed by atoms with van der Waals surface area (Å²) in [5.41, 5.74) is 0.766. The summed E-state index contributed by atoms with van der Waals surface area (Å²) in [6.07, 6.45) is 0. The number of amides is 1. The molecule has 0 aliphatic heterocycles. The zero-order valence-corrected chi connectivity index (χ0v) is 17.7. The van der Waals surface area contributed by atoms with Crippen molar-refractivity contribution in [2.75, 3.05) is 20.2 Å². The first-order valence-corrected chi connectivity index (χ1v) is 10.6. The van der Waals surface area contributed by atoms with Gasteiger partial charge in [-0.3, -0.25) is 4.79 Å². The summed E-state index contributed by atoms with van der Waals surface area (Å²) in [7, 11) is -2.14. The number of esters is 1. The van der Waals surface area contributed by atoms with Gasteiger partial charge in [-0.1, -0.05) is 19.1 Å². The van der Waals surface area contributed by atoms with Crippen molar-refractivity contribution in [2.24, 2.45) is 0 Å². The van der Waals surface area contributed by atoms with E-state index in [9.17, 15) is 26.8 Å². The summed E-state index contributed by atoms with van der Waals surface area (Å²) in [4.78, 5) is 25.6. The minimum absolute atomic E-state index is 0.00551. The molecule has 0 spiro atoms. The highest BCUT2D eigenvalue weighted by Gasteiger charge is 2.16. The molecule has 2 aromatic rings. The molecule has 0 fully saturated rings. The van der Waals surface area contributed by atoms with E-state index in [1.165, 1.54) is 60.5 Å². The molecule has 0 aliphatic rings. The van der Waals surface area contributed by atoms with E-state index >= 15 is 0 Å². The van der Waals surface area contributed by atoms with Crippen LogP contribution in [0, 0.1) is 0 Å². The Morgan fingerprint density at radius 3 is 2.23 bits per heavy atom. The van der Waals surface area contributed by atoms with Gasteiger partial charge in [-0.05, 0) is 42.0 Å². The molecule has 0 aromatic heterocycles. The molecular formula is C20H22F2N2O6S. The summed E-state index contributed by atoms with van der Waals surface area (Å²) in [5.74, 6) is -1.25. The van der Waals surface area contributed by atoms with E-state index in [0.29, 0.717) is 5.56 Å². The Morgan fingerprint density at radius 2 is 1.68 bits per heavy atom. The van der Waals surface area contributed by atoms with Gasteiger partial charge in [0.15, 0.2) is 6.61 Å². The molecule has 2 aromatic carbocycles. The average molecular weight is 456 g/mol. The standard InChI is InChI=1S/C20H22F2N2O6S/c1-3-23-31(27,28)17-10-6-15(7-11-17)19(26)29-13-18(25)24(2)12-14-4-8-16(9-5-14)30-20(21)22/h4-11,20,23H,3,12-13H2,1-2H3. The largest absolute Gasteiger partial charge is 0.452 e. The van der Waals surface area contributed by atoms with Crippen LogP contribution in [0.1, 0.15) is 22.8 Å². The van der Waals surface area contributed by atoms with Crippen LogP contribution in [0.3, 0.4) is 0 Å². The molecule has 0 atom stereocenters. The molecule has 168 valence electrons. The first-order valence-electron chi connectivity index (χ1n) is 9.17. The Bertz CT molecular complexity index is 995. The lowest BCUT2D eigenvalue weighted by molar-refractivity contribution is -0.133. The lowest BCUT2D eigenvalue weighted by Gasteiger charge is -2.17. The van der Waals surface area contributed by atoms with Crippen LogP contribution >= 0.6 is 0 Å². The van der Waals surface area contributed by atoms with Crippen molar-refractivity contribution in [2.45, 2.75) is 25.0 Å². The molecule has 0 saturated heterocycles. The number of carbonyl (C=O) groups excluding carboxylic acids is 2. The Labute approximate surface area is 178 Å². The Kier molecular flexibility index (Phi) is 8.46. The van der Waals surface area contributed by atoms with E-state index < -0.39 is 35.1 Å². The maximum atomic E-state index is 12.2. The Balaban J connectivity index is 1.87. The van der Waals surface area contributed by atoms with Gasteiger partial charge in [0.25, 0.3) is 5.91 Å². The number of sulfonamides is 1. The lowest BCUT2D eigenvalue weighted by Crippen LogP contribution is -2.30. The first kappa shape index (κ1) is 24.2. The highest BCUT2D eigenvalue weighted by Crippen LogP contribution is 2.16. The summed E-state index contributed by atoms with van der Waals surface area (Å²) < 4.78 is 59.7. The summed E-state index contributed by atoms with van der Waals surface area (Å²) in [6, 6.07) is 10.9. The molecule has 0 radical (unpaired) electrons. The SMILES string of the molecule is CCNS(=O)(=O)c1ccc(C(=O)OCC(=O)N(C)Cc2ccc(OC(F)F)cc2)cc1. The topological polar surface area (TPSA) is 102 Å². The molecule has 31 heavy (non-hydrogen) atoms. The quantitative estimate of drug-likeness (QED) is 0.551. The van der Waals surface area contributed by atoms with Crippen molar-refractivity contribution in [3.63, 3.8) is 0 Å². The third-order valence-electron chi connectivity index (χ3n) is 4.06. The minimum Gasteiger partial charge on any atom is -0.452 e. The van der Waals surface area contributed by atoms with Gasteiger partial charge in [0, 0.05) is 20.1 Å². The number of halogens is 2. The molecule has 0 unspecified atom stereocenters. The average Bonchev–Trinajstić information content (AvgIpc) is 2.72. The predicted octanol–water partition coefficient (Wildman–Crippen LogP) is 2.40. The van der Waals surface area contributed by atoms with Crippen LogP contribution in [-0.4, -0.2) is 52.0 Å². The van der Waals surface area contributed by atoms with E-state index in [0.717, 1.165) is 0 Å². The van der Waals surface area contributed by atoms with Gasteiger partial charge in [0.05, 0.1) is 10.5 Å². The Morgan fingerprint density at radius 1 is 1.06 bits per heavy atom. The monoisotopic (exact) mass is 456 g/mol.